The SMILES string of the molecule is Cc1ccc(C(=O)/C=C/c2cc(Br)cs2)cc1[N+](=O)[O-]. The van der Waals surface area contributed by atoms with Gasteiger partial charge < -0.3 is 0 Å². The molecule has 0 bridgehead atoms. The summed E-state index contributed by atoms with van der Waals surface area (Å²) < 4.78 is 0.959. The van der Waals surface area contributed by atoms with Crippen molar-refractivity contribution >= 4 is 44.8 Å². The fourth-order valence-corrected chi connectivity index (χ4v) is 2.97. The first-order chi connectivity index (χ1) is 9.47. The van der Waals surface area contributed by atoms with E-state index in [-0.39, 0.29) is 11.5 Å². The number of allylic oxidation sites excluding steroid dienone is 1. The highest BCUT2D eigenvalue weighted by atomic mass is 79.9. The number of benzene rings is 1. The summed E-state index contributed by atoms with van der Waals surface area (Å²) in [4.78, 5) is 23.3. The van der Waals surface area contributed by atoms with Crippen LogP contribution in [0.1, 0.15) is 20.8 Å². The summed E-state index contributed by atoms with van der Waals surface area (Å²) in [5.74, 6) is -0.252. The third kappa shape index (κ3) is 3.40. The minimum absolute atomic E-state index is 0.0388. The van der Waals surface area contributed by atoms with E-state index in [0.717, 1.165) is 9.35 Å². The molecule has 6 heteroatoms. The Balaban J connectivity index is 2.23. The second-order valence-electron chi connectivity index (χ2n) is 4.12. The highest BCUT2D eigenvalue weighted by molar-refractivity contribution is 9.10. The van der Waals surface area contributed by atoms with Gasteiger partial charge in [0, 0.05) is 31.9 Å². The molecule has 4 nitrogen and oxygen atoms in total. The summed E-state index contributed by atoms with van der Waals surface area (Å²) in [6.07, 6.45) is 3.12. The van der Waals surface area contributed by atoms with Gasteiger partial charge in [-0.15, -0.1) is 11.3 Å². The van der Waals surface area contributed by atoms with Crippen molar-refractivity contribution in [2.24, 2.45) is 0 Å². The third-order valence-corrected chi connectivity index (χ3v) is 4.34. The molecule has 0 saturated heterocycles. The lowest BCUT2D eigenvalue weighted by molar-refractivity contribution is -0.385. The van der Waals surface area contributed by atoms with Crippen LogP contribution in [0.2, 0.25) is 0 Å². The lowest BCUT2D eigenvalue weighted by atomic mass is 10.1. The van der Waals surface area contributed by atoms with Crippen LogP contribution in [0.5, 0.6) is 0 Å². The van der Waals surface area contributed by atoms with E-state index in [1.165, 1.54) is 23.5 Å². The summed E-state index contributed by atoms with van der Waals surface area (Å²) in [6.45, 7) is 1.64. The van der Waals surface area contributed by atoms with Crippen LogP contribution in [-0.2, 0) is 0 Å². The molecule has 0 spiro atoms. The van der Waals surface area contributed by atoms with Gasteiger partial charge in [-0.1, -0.05) is 12.1 Å². The highest BCUT2D eigenvalue weighted by Gasteiger charge is 2.13. The third-order valence-electron chi connectivity index (χ3n) is 2.68. The molecule has 1 heterocycles. The quantitative estimate of drug-likeness (QED) is 0.349. The summed E-state index contributed by atoms with van der Waals surface area (Å²) in [6, 6.07) is 6.39. The van der Waals surface area contributed by atoms with E-state index in [2.05, 4.69) is 15.9 Å². The summed E-state index contributed by atoms with van der Waals surface area (Å²) in [5, 5.41) is 12.8. The van der Waals surface area contributed by atoms with E-state index < -0.39 is 4.92 Å². The van der Waals surface area contributed by atoms with Crippen LogP contribution in [-0.4, -0.2) is 10.7 Å². The largest absolute Gasteiger partial charge is 0.289 e. The van der Waals surface area contributed by atoms with E-state index in [1.807, 2.05) is 11.4 Å². The van der Waals surface area contributed by atoms with Crippen molar-refractivity contribution in [1.82, 2.24) is 0 Å². The molecular formula is C14H10BrNO3S. The minimum atomic E-state index is -0.480. The maximum absolute atomic E-state index is 12.0. The zero-order valence-corrected chi connectivity index (χ0v) is 12.9. The molecule has 0 aliphatic heterocycles. The van der Waals surface area contributed by atoms with Crippen LogP contribution in [0.4, 0.5) is 5.69 Å². The van der Waals surface area contributed by atoms with Gasteiger partial charge in [-0.05, 0) is 41.1 Å². The van der Waals surface area contributed by atoms with Gasteiger partial charge in [0.2, 0.25) is 0 Å². The number of aryl methyl sites for hydroxylation is 1. The Morgan fingerprint density at radius 3 is 2.75 bits per heavy atom. The zero-order chi connectivity index (χ0) is 14.7. The molecule has 0 atom stereocenters. The number of carbonyl (C=O) groups excluding carboxylic acids is 1. The minimum Gasteiger partial charge on any atom is -0.289 e. The molecule has 102 valence electrons. The topological polar surface area (TPSA) is 60.2 Å². The van der Waals surface area contributed by atoms with E-state index >= 15 is 0 Å². The van der Waals surface area contributed by atoms with Crippen LogP contribution >= 0.6 is 27.3 Å². The number of nitro groups is 1. The number of ketones is 1. The van der Waals surface area contributed by atoms with Gasteiger partial charge in [-0.3, -0.25) is 14.9 Å². The average Bonchev–Trinajstić information content (AvgIpc) is 2.82. The second-order valence-corrected chi connectivity index (χ2v) is 5.98. The fourth-order valence-electron chi connectivity index (χ4n) is 1.63. The molecule has 0 aliphatic carbocycles. The first-order valence-corrected chi connectivity index (χ1v) is 7.36. The zero-order valence-electron chi connectivity index (χ0n) is 10.5. The van der Waals surface area contributed by atoms with Crippen molar-refractivity contribution in [1.29, 1.82) is 0 Å². The first-order valence-electron chi connectivity index (χ1n) is 5.69. The number of halogens is 1. The monoisotopic (exact) mass is 351 g/mol. The normalized spacial score (nSPS) is 10.9. The van der Waals surface area contributed by atoms with Crippen molar-refractivity contribution in [2.75, 3.05) is 0 Å². The molecule has 1 aromatic carbocycles. The van der Waals surface area contributed by atoms with Crippen LogP contribution in [0.3, 0.4) is 0 Å². The summed E-state index contributed by atoms with van der Waals surface area (Å²) in [5.41, 5.74) is 0.815. The average molecular weight is 352 g/mol. The van der Waals surface area contributed by atoms with Gasteiger partial charge in [-0.25, -0.2) is 0 Å². The van der Waals surface area contributed by atoms with Crippen molar-refractivity contribution in [2.45, 2.75) is 6.92 Å². The Hall–Kier alpha value is -1.79. The maximum Gasteiger partial charge on any atom is 0.273 e. The number of hydrogen-bond acceptors (Lipinski definition) is 4. The predicted octanol–water partition coefficient (Wildman–Crippen LogP) is 4.62. The fraction of sp³-hybridized carbons (Fsp3) is 0.0714. The lowest BCUT2D eigenvalue weighted by Crippen LogP contribution is -1.98. The van der Waals surface area contributed by atoms with Crippen molar-refractivity contribution in [3.05, 3.63) is 66.3 Å². The Kier molecular flexibility index (Phi) is 4.46. The lowest BCUT2D eigenvalue weighted by Gasteiger charge is -1.99. The van der Waals surface area contributed by atoms with Gasteiger partial charge in [0.15, 0.2) is 5.78 Å². The molecule has 0 amide bonds. The van der Waals surface area contributed by atoms with Crippen LogP contribution in [0, 0.1) is 17.0 Å². The number of nitrogens with zero attached hydrogens (tertiary/aromatic N) is 1. The Morgan fingerprint density at radius 1 is 1.40 bits per heavy atom. The molecule has 1 aromatic heterocycles. The maximum atomic E-state index is 12.0. The molecule has 0 fully saturated rings. The highest BCUT2D eigenvalue weighted by Crippen LogP contribution is 2.22. The summed E-state index contributed by atoms with van der Waals surface area (Å²) in [7, 11) is 0. The number of carbonyl (C=O) groups is 1. The van der Waals surface area contributed by atoms with Crippen LogP contribution in [0.15, 0.2) is 40.2 Å². The Labute approximate surface area is 128 Å². The molecule has 0 unspecified atom stereocenters. The van der Waals surface area contributed by atoms with E-state index in [9.17, 15) is 14.9 Å². The van der Waals surface area contributed by atoms with E-state index in [4.69, 9.17) is 0 Å². The van der Waals surface area contributed by atoms with Crippen molar-refractivity contribution in [3.63, 3.8) is 0 Å². The van der Waals surface area contributed by atoms with Gasteiger partial charge >= 0.3 is 0 Å². The standard InChI is InChI=1S/C14H10BrNO3S/c1-9-2-3-10(6-13(9)16(18)19)14(17)5-4-12-7-11(15)8-20-12/h2-8H,1H3/b5-4+. The molecule has 2 rings (SSSR count). The Bertz CT molecular complexity index is 706. The van der Waals surface area contributed by atoms with Gasteiger partial charge in [0.25, 0.3) is 5.69 Å². The van der Waals surface area contributed by atoms with Crippen LogP contribution in [0.25, 0.3) is 6.08 Å². The Morgan fingerprint density at radius 2 is 2.15 bits per heavy atom. The van der Waals surface area contributed by atoms with E-state index in [0.29, 0.717) is 11.1 Å². The number of rotatable bonds is 4. The molecule has 20 heavy (non-hydrogen) atoms. The van der Waals surface area contributed by atoms with Gasteiger partial charge in [0.05, 0.1) is 4.92 Å². The van der Waals surface area contributed by atoms with Gasteiger partial charge in [0.1, 0.15) is 0 Å². The molecule has 0 aliphatic rings. The molecular weight excluding hydrogens is 342 g/mol. The van der Waals surface area contributed by atoms with Crippen molar-refractivity contribution < 1.29 is 9.72 Å². The molecule has 0 radical (unpaired) electrons. The molecule has 0 saturated carbocycles. The smallest absolute Gasteiger partial charge is 0.273 e. The number of thiophene rings is 1. The molecule has 0 N–H and O–H groups in total. The van der Waals surface area contributed by atoms with Gasteiger partial charge in [-0.2, -0.15) is 0 Å². The second kappa shape index (κ2) is 6.11. The van der Waals surface area contributed by atoms with Crippen molar-refractivity contribution in [3.8, 4) is 0 Å². The van der Waals surface area contributed by atoms with E-state index in [1.54, 1.807) is 25.1 Å². The molecule has 2 aromatic rings. The predicted molar refractivity (Wildman–Crippen MR) is 83.2 cm³/mol. The van der Waals surface area contributed by atoms with Crippen LogP contribution < -0.4 is 0 Å². The first kappa shape index (κ1) is 14.6. The number of nitro benzene ring substituents is 1. The number of hydrogen-bond donors (Lipinski definition) is 0. The summed E-state index contributed by atoms with van der Waals surface area (Å²) >= 11 is 4.84.